The number of carbonyl (C=O) groups excluding carboxylic acids is 1. The van der Waals surface area contributed by atoms with Crippen LogP contribution in [0.2, 0.25) is 5.02 Å². The molecule has 0 atom stereocenters. The van der Waals surface area contributed by atoms with Crippen molar-refractivity contribution in [3.05, 3.63) is 64.2 Å². The van der Waals surface area contributed by atoms with Crippen LogP contribution < -0.4 is 5.32 Å². The number of carboxylic acids is 2. The molecule has 2 rings (SSSR count). The SMILES string of the molecule is O=C(Nc1ccc(C(=O)O)c(C(=O)O)c1)c1ccc(Cl)cc1. The van der Waals surface area contributed by atoms with Crippen molar-refractivity contribution in [1.82, 2.24) is 0 Å². The zero-order valence-corrected chi connectivity index (χ0v) is 11.8. The van der Waals surface area contributed by atoms with Crippen molar-refractivity contribution >= 4 is 35.1 Å². The fraction of sp³-hybridized carbons (Fsp3) is 0. The van der Waals surface area contributed by atoms with Crippen molar-refractivity contribution in [3.63, 3.8) is 0 Å². The van der Waals surface area contributed by atoms with E-state index >= 15 is 0 Å². The van der Waals surface area contributed by atoms with Crippen molar-refractivity contribution in [2.75, 3.05) is 5.32 Å². The summed E-state index contributed by atoms with van der Waals surface area (Å²) in [5.41, 5.74) is -0.232. The Balaban J connectivity index is 2.28. The molecule has 1 amide bonds. The molecule has 112 valence electrons. The molecule has 0 heterocycles. The van der Waals surface area contributed by atoms with E-state index in [0.717, 1.165) is 12.1 Å². The Hall–Kier alpha value is -2.86. The first-order valence-corrected chi connectivity index (χ1v) is 6.44. The lowest BCUT2D eigenvalue weighted by Gasteiger charge is -2.08. The van der Waals surface area contributed by atoms with Crippen LogP contribution in [0.4, 0.5) is 5.69 Å². The van der Waals surface area contributed by atoms with Gasteiger partial charge in [0.05, 0.1) is 11.1 Å². The van der Waals surface area contributed by atoms with E-state index in [1.165, 1.54) is 18.2 Å². The normalized spacial score (nSPS) is 10.0. The van der Waals surface area contributed by atoms with Gasteiger partial charge in [-0.3, -0.25) is 4.79 Å². The summed E-state index contributed by atoms with van der Waals surface area (Å²) in [7, 11) is 0. The van der Waals surface area contributed by atoms with Gasteiger partial charge in [0.1, 0.15) is 0 Å². The molecule has 0 aliphatic heterocycles. The topological polar surface area (TPSA) is 104 Å². The summed E-state index contributed by atoms with van der Waals surface area (Å²) in [5, 5.41) is 20.9. The molecule has 3 N–H and O–H groups in total. The second-order valence-electron chi connectivity index (χ2n) is 4.33. The van der Waals surface area contributed by atoms with Gasteiger partial charge in [0.25, 0.3) is 5.91 Å². The fourth-order valence-corrected chi connectivity index (χ4v) is 1.92. The summed E-state index contributed by atoms with van der Waals surface area (Å²) in [6, 6.07) is 9.68. The lowest BCUT2D eigenvalue weighted by molar-refractivity contribution is 0.0651. The predicted molar refractivity (Wildman–Crippen MR) is 79.8 cm³/mol. The zero-order chi connectivity index (χ0) is 16.3. The number of hydrogen-bond donors (Lipinski definition) is 3. The lowest BCUT2D eigenvalue weighted by atomic mass is 10.1. The molecule has 2 aromatic rings. The number of nitrogens with one attached hydrogen (secondary N) is 1. The first kappa shape index (κ1) is 15.5. The third-order valence-corrected chi connectivity index (χ3v) is 3.10. The fourth-order valence-electron chi connectivity index (χ4n) is 1.79. The molecule has 0 aliphatic rings. The van der Waals surface area contributed by atoms with Crippen LogP contribution in [0.25, 0.3) is 0 Å². The van der Waals surface area contributed by atoms with Gasteiger partial charge < -0.3 is 15.5 Å². The molecule has 0 saturated carbocycles. The first-order chi connectivity index (χ1) is 10.4. The van der Waals surface area contributed by atoms with Gasteiger partial charge in [-0.1, -0.05) is 11.6 Å². The molecule has 0 saturated heterocycles. The van der Waals surface area contributed by atoms with Gasteiger partial charge in [0.15, 0.2) is 0 Å². The van der Waals surface area contributed by atoms with E-state index in [1.807, 2.05) is 0 Å². The van der Waals surface area contributed by atoms with Gasteiger partial charge in [-0.15, -0.1) is 0 Å². The molecule has 0 aliphatic carbocycles. The van der Waals surface area contributed by atoms with Crippen molar-refractivity contribution in [1.29, 1.82) is 0 Å². The molecule has 0 aromatic heterocycles. The van der Waals surface area contributed by atoms with Crippen molar-refractivity contribution in [2.24, 2.45) is 0 Å². The summed E-state index contributed by atoms with van der Waals surface area (Å²) in [6.07, 6.45) is 0. The molecule has 0 bridgehead atoms. The van der Waals surface area contributed by atoms with E-state index in [4.69, 9.17) is 21.8 Å². The van der Waals surface area contributed by atoms with E-state index in [9.17, 15) is 14.4 Å². The van der Waals surface area contributed by atoms with Gasteiger partial charge in [0.2, 0.25) is 0 Å². The van der Waals surface area contributed by atoms with Crippen LogP contribution in [0.15, 0.2) is 42.5 Å². The molecular weight excluding hydrogens is 310 g/mol. The monoisotopic (exact) mass is 319 g/mol. The molecule has 7 heteroatoms. The van der Waals surface area contributed by atoms with Gasteiger partial charge in [-0.2, -0.15) is 0 Å². The molecule has 0 radical (unpaired) electrons. The number of hydrogen-bond acceptors (Lipinski definition) is 3. The average Bonchev–Trinajstić information content (AvgIpc) is 2.47. The minimum absolute atomic E-state index is 0.183. The number of aromatic carboxylic acids is 2. The number of carbonyl (C=O) groups is 3. The Morgan fingerprint density at radius 3 is 2.00 bits per heavy atom. The van der Waals surface area contributed by atoms with E-state index in [2.05, 4.69) is 5.32 Å². The Kier molecular flexibility index (Phi) is 4.43. The van der Waals surface area contributed by atoms with Crippen LogP contribution in [-0.4, -0.2) is 28.1 Å². The molecular formula is C15H10ClNO5. The maximum atomic E-state index is 12.0. The van der Waals surface area contributed by atoms with E-state index < -0.39 is 23.4 Å². The minimum Gasteiger partial charge on any atom is -0.478 e. The number of carboxylic acid groups (broad SMARTS) is 2. The standard InChI is InChI=1S/C15H10ClNO5/c16-9-3-1-8(2-4-9)13(18)17-10-5-6-11(14(19)20)12(7-10)15(21)22/h1-7H,(H,17,18)(H,19,20)(H,21,22). The summed E-state index contributed by atoms with van der Waals surface area (Å²) in [4.78, 5) is 34.0. The maximum absolute atomic E-state index is 12.0. The molecule has 6 nitrogen and oxygen atoms in total. The first-order valence-electron chi connectivity index (χ1n) is 6.06. The maximum Gasteiger partial charge on any atom is 0.336 e. The van der Waals surface area contributed by atoms with Crippen LogP contribution in [0.3, 0.4) is 0 Å². The Morgan fingerprint density at radius 1 is 0.864 bits per heavy atom. The number of amides is 1. The molecule has 0 spiro atoms. The summed E-state index contributed by atoms with van der Waals surface area (Å²) in [5.74, 6) is -3.20. The van der Waals surface area contributed by atoms with E-state index in [1.54, 1.807) is 12.1 Å². The molecule has 2 aromatic carbocycles. The largest absolute Gasteiger partial charge is 0.478 e. The van der Waals surface area contributed by atoms with Crippen molar-refractivity contribution in [3.8, 4) is 0 Å². The van der Waals surface area contributed by atoms with Crippen LogP contribution in [0.5, 0.6) is 0 Å². The van der Waals surface area contributed by atoms with Gasteiger partial charge >= 0.3 is 11.9 Å². The third-order valence-electron chi connectivity index (χ3n) is 2.84. The summed E-state index contributed by atoms with van der Waals surface area (Å²) >= 11 is 5.73. The highest BCUT2D eigenvalue weighted by Gasteiger charge is 2.17. The number of halogens is 1. The number of rotatable bonds is 4. The van der Waals surface area contributed by atoms with Crippen LogP contribution in [0, 0.1) is 0 Å². The summed E-state index contributed by atoms with van der Waals surface area (Å²) in [6.45, 7) is 0. The second kappa shape index (κ2) is 6.28. The van der Waals surface area contributed by atoms with E-state index in [-0.39, 0.29) is 11.3 Å². The quantitative estimate of drug-likeness (QED) is 0.803. The van der Waals surface area contributed by atoms with Gasteiger partial charge in [0, 0.05) is 16.3 Å². The molecule has 0 unspecified atom stereocenters. The molecule has 22 heavy (non-hydrogen) atoms. The van der Waals surface area contributed by atoms with Gasteiger partial charge in [-0.25, -0.2) is 9.59 Å². The zero-order valence-electron chi connectivity index (χ0n) is 11.0. The highest BCUT2D eigenvalue weighted by molar-refractivity contribution is 6.30. The highest BCUT2D eigenvalue weighted by Crippen LogP contribution is 2.18. The predicted octanol–water partition coefficient (Wildman–Crippen LogP) is 2.99. The van der Waals surface area contributed by atoms with Crippen molar-refractivity contribution < 1.29 is 24.6 Å². The number of anilines is 1. The van der Waals surface area contributed by atoms with Crippen LogP contribution in [0.1, 0.15) is 31.1 Å². The number of benzene rings is 2. The van der Waals surface area contributed by atoms with E-state index in [0.29, 0.717) is 10.6 Å². The van der Waals surface area contributed by atoms with Gasteiger partial charge in [-0.05, 0) is 42.5 Å². The summed E-state index contributed by atoms with van der Waals surface area (Å²) < 4.78 is 0. The van der Waals surface area contributed by atoms with Crippen LogP contribution >= 0.6 is 11.6 Å². The molecule has 0 fully saturated rings. The Labute approximate surface area is 130 Å². The van der Waals surface area contributed by atoms with Crippen LogP contribution in [-0.2, 0) is 0 Å². The van der Waals surface area contributed by atoms with Crippen molar-refractivity contribution in [2.45, 2.75) is 0 Å². The highest BCUT2D eigenvalue weighted by atomic mass is 35.5. The second-order valence-corrected chi connectivity index (χ2v) is 4.77. The Morgan fingerprint density at radius 2 is 1.45 bits per heavy atom. The lowest BCUT2D eigenvalue weighted by Crippen LogP contribution is -2.14. The minimum atomic E-state index is -1.39. The average molecular weight is 320 g/mol. The Bertz CT molecular complexity index is 755. The third kappa shape index (κ3) is 3.42. The smallest absolute Gasteiger partial charge is 0.336 e.